The number of aliphatic hydroxyl groups excluding tert-OH is 1. The number of hydrogen-bond donors (Lipinski definition) is 1. The van der Waals surface area contributed by atoms with E-state index in [4.69, 9.17) is 9.84 Å². The molecule has 0 bridgehead atoms. The van der Waals surface area contributed by atoms with Gasteiger partial charge >= 0.3 is 0 Å². The molecule has 8 nitrogen and oxygen atoms in total. The molecule has 0 unspecified atom stereocenters. The van der Waals surface area contributed by atoms with Crippen LogP contribution in [-0.4, -0.2) is 77.0 Å². The molecule has 1 saturated heterocycles. The summed E-state index contributed by atoms with van der Waals surface area (Å²) in [5.74, 6) is -0.676. The lowest BCUT2D eigenvalue weighted by molar-refractivity contribution is 0.0604. The van der Waals surface area contributed by atoms with Crippen molar-refractivity contribution in [3.8, 4) is 11.4 Å². The molecule has 2 aromatic rings. The minimum Gasteiger partial charge on any atom is -0.494 e. The number of ether oxygens (including phenoxy) is 1. The summed E-state index contributed by atoms with van der Waals surface area (Å²) in [5.41, 5.74) is -0.106. The average molecular weight is 376 g/mol. The maximum absolute atomic E-state index is 13.2. The van der Waals surface area contributed by atoms with Crippen LogP contribution in [-0.2, 0) is 0 Å². The summed E-state index contributed by atoms with van der Waals surface area (Å²) in [6, 6.07) is 6.47. The number of piperazine rings is 1. The minimum atomic E-state index is -0.484. The lowest BCUT2D eigenvalue weighted by atomic mass is 10.2. The molecule has 1 aliphatic rings. The summed E-state index contributed by atoms with van der Waals surface area (Å²) in [4.78, 5) is 29.0. The zero-order valence-corrected chi connectivity index (χ0v) is 15.0. The van der Waals surface area contributed by atoms with E-state index in [1.54, 1.807) is 4.90 Å². The van der Waals surface area contributed by atoms with E-state index in [9.17, 15) is 14.0 Å². The summed E-state index contributed by atoms with van der Waals surface area (Å²) in [5, 5.41) is 13.2. The number of methoxy groups -OCH3 is 1. The minimum absolute atomic E-state index is 0.0250. The summed E-state index contributed by atoms with van der Waals surface area (Å²) < 4.78 is 19.4. The van der Waals surface area contributed by atoms with Crippen LogP contribution in [0.15, 0.2) is 35.1 Å². The number of carbonyl (C=O) groups excluding carboxylic acids is 1. The second kappa shape index (κ2) is 8.28. The fourth-order valence-electron chi connectivity index (χ4n) is 2.98. The number of benzene rings is 1. The van der Waals surface area contributed by atoms with Gasteiger partial charge in [-0.2, -0.15) is 9.78 Å². The Morgan fingerprint density at radius 2 is 1.89 bits per heavy atom. The van der Waals surface area contributed by atoms with Gasteiger partial charge in [0.1, 0.15) is 5.82 Å². The van der Waals surface area contributed by atoms with Crippen LogP contribution in [0.4, 0.5) is 4.39 Å². The summed E-state index contributed by atoms with van der Waals surface area (Å²) in [6.45, 7) is 2.90. The van der Waals surface area contributed by atoms with Crippen molar-refractivity contribution in [2.24, 2.45) is 0 Å². The molecule has 0 aliphatic carbocycles. The molecule has 1 N–H and O–H groups in total. The Bertz CT molecular complexity index is 861. The third kappa shape index (κ3) is 4.15. The van der Waals surface area contributed by atoms with E-state index < -0.39 is 11.4 Å². The van der Waals surface area contributed by atoms with E-state index in [0.717, 1.165) is 4.68 Å². The maximum atomic E-state index is 13.2. The first-order valence-corrected chi connectivity index (χ1v) is 8.60. The SMILES string of the molecule is COc1cc(=O)n(-c2ccc(F)cc2)nc1C(=O)N1CCN(CCO)CC1. The summed E-state index contributed by atoms with van der Waals surface area (Å²) in [7, 11) is 1.37. The number of carbonyl (C=O) groups is 1. The first kappa shape index (κ1) is 19.0. The Hall–Kier alpha value is -2.78. The third-order valence-corrected chi connectivity index (χ3v) is 4.47. The van der Waals surface area contributed by atoms with Crippen LogP contribution in [0.25, 0.3) is 5.69 Å². The van der Waals surface area contributed by atoms with Gasteiger partial charge in [0.15, 0.2) is 11.4 Å². The molecule has 0 atom stereocenters. The Morgan fingerprint density at radius 1 is 1.22 bits per heavy atom. The van der Waals surface area contributed by atoms with Crippen molar-refractivity contribution in [3.05, 3.63) is 52.2 Å². The molecule has 0 saturated carbocycles. The van der Waals surface area contributed by atoms with Gasteiger partial charge in [-0.15, -0.1) is 0 Å². The van der Waals surface area contributed by atoms with Crippen molar-refractivity contribution in [1.29, 1.82) is 0 Å². The molecule has 1 aromatic carbocycles. The van der Waals surface area contributed by atoms with Crippen LogP contribution >= 0.6 is 0 Å². The van der Waals surface area contributed by atoms with Gasteiger partial charge in [0, 0.05) is 32.7 Å². The van der Waals surface area contributed by atoms with Gasteiger partial charge < -0.3 is 14.7 Å². The highest BCUT2D eigenvalue weighted by Crippen LogP contribution is 2.18. The summed E-state index contributed by atoms with van der Waals surface area (Å²) in [6.07, 6.45) is 0. The number of nitrogens with zero attached hydrogens (tertiary/aromatic N) is 4. The van der Waals surface area contributed by atoms with Crippen molar-refractivity contribution in [1.82, 2.24) is 19.6 Å². The number of aliphatic hydroxyl groups is 1. The van der Waals surface area contributed by atoms with Gasteiger partial charge in [0.25, 0.3) is 11.5 Å². The van der Waals surface area contributed by atoms with Gasteiger partial charge in [-0.1, -0.05) is 0 Å². The van der Waals surface area contributed by atoms with Crippen molar-refractivity contribution in [3.63, 3.8) is 0 Å². The number of β-amino-alcohol motifs (C(OH)–C–C–N with tert-alkyl or cyclic N) is 1. The van der Waals surface area contributed by atoms with Gasteiger partial charge in [-0.25, -0.2) is 4.39 Å². The zero-order valence-electron chi connectivity index (χ0n) is 15.0. The molecule has 0 spiro atoms. The molecule has 9 heteroatoms. The van der Waals surface area contributed by atoms with Crippen LogP contribution < -0.4 is 10.3 Å². The van der Waals surface area contributed by atoms with E-state index in [2.05, 4.69) is 10.00 Å². The maximum Gasteiger partial charge on any atom is 0.278 e. The predicted molar refractivity (Wildman–Crippen MR) is 95.8 cm³/mol. The molecular weight excluding hydrogens is 355 g/mol. The molecule has 1 amide bonds. The predicted octanol–water partition coefficient (Wildman–Crippen LogP) is 0.130. The van der Waals surface area contributed by atoms with Crippen molar-refractivity contribution in [2.45, 2.75) is 0 Å². The van der Waals surface area contributed by atoms with Gasteiger partial charge in [0.05, 0.1) is 25.5 Å². The number of aromatic nitrogens is 2. The average Bonchev–Trinajstić information content (AvgIpc) is 2.69. The number of halogens is 1. The van der Waals surface area contributed by atoms with Crippen LogP contribution in [0.1, 0.15) is 10.5 Å². The van der Waals surface area contributed by atoms with E-state index in [0.29, 0.717) is 38.4 Å². The number of amides is 1. The molecule has 27 heavy (non-hydrogen) atoms. The first-order valence-electron chi connectivity index (χ1n) is 8.60. The molecular formula is C18H21FN4O4. The van der Waals surface area contributed by atoms with Crippen molar-refractivity contribution >= 4 is 5.91 Å². The molecule has 3 rings (SSSR count). The Balaban J connectivity index is 1.90. The normalized spacial score (nSPS) is 15.0. The fourth-order valence-corrected chi connectivity index (χ4v) is 2.98. The lowest BCUT2D eigenvalue weighted by Gasteiger charge is -2.34. The quantitative estimate of drug-likeness (QED) is 0.798. The van der Waals surface area contributed by atoms with Crippen molar-refractivity contribution in [2.75, 3.05) is 46.4 Å². The van der Waals surface area contributed by atoms with E-state index in [1.165, 1.54) is 37.4 Å². The van der Waals surface area contributed by atoms with E-state index in [1.807, 2.05) is 0 Å². The standard InChI is InChI=1S/C18H21FN4O4/c1-27-15-12-16(25)23(14-4-2-13(19)3-5-14)20-17(15)18(26)22-8-6-21(7-9-22)10-11-24/h2-5,12,24H,6-11H2,1H3. The second-order valence-electron chi connectivity index (χ2n) is 6.15. The van der Waals surface area contributed by atoms with Crippen LogP contribution in [0.2, 0.25) is 0 Å². The van der Waals surface area contributed by atoms with Crippen molar-refractivity contribution < 1.29 is 19.0 Å². The smallest absolute Gasteiger partial charge is 0.278 e. The molecule has 1 aromatic heterocycles. The zero-order chi connectivity index (χ0) is 19.4. The number of rotatable bonds is 5. The Kier molecular flexibility index (Phi) is 5.82. The molecule has 2 heterocycles. The highest BCUT2D eigenvalue weighted by atomic mass is 19.1. The largest absolute Gasteiger partial charge is 0.494 e. The highest BCUT2D eigenvalue weighted by molar-refractivity contribution is 5.94. The number of hydrogen-bond acceptors (Lipinski definition) is 6. The van der Waals surface area contributed by atoms with Crippen LogP contribution in [0.3, 0.4) is 0 Å². The summed E-state index contributed by atoms with van der Waals surface area (Å²) >= 11 is 0. The van der Waals surface area contributed by atoms with Gasteiger partial charge in [0.2, 0.25) is 0 Å². The molecule has 1 aliphatic heterocycles. The van der Waals surface area contributed by atoms with Gasteiger partial charge in [-0.3, -0.25) is 14.5 Å². The molecule has 1 fully saturated rings. The van der Waals surface area contributed by atoms with Gasteiger partial charge in [-0.05, 0) is 24.3 Å². The highest BCUT2D eigenvalue weighted by Gasteiger charge is 2.26. The lowest BCUT2D eigenvalue weighted by Crippen LogP contribution is -2.49. The first-order chi connectivity index (χ1) is 13.0. The van der Waals surface area contributed by atoms with E-state index in [-0.39, 0.29) is 24.0 Å². The molecule has 0 radical (unpaired) electrons. The van der Waals surface area contributed by atoms with Crippen LogP contribution in [0.5, 0.6) is 5.75 Å². The third-order valence-electron chi connectivity index (χ3n) is 4.47. The topological polar surface area (TPSA) is 87.9 Å². The van der Waals surface area contributed by atoms with E-state index >= 15 is 0 Å². The Morgan fingerprint density at radius 3 is 2.48 bits per heavy atom. The second-order valence-corrected chi connectivity index (χ2v) is 6.15. The fraction of sp³-hybridized carbons (Fsp3) is 0.389. The Labute approximate surface area is 155 Å². The molecule has 144 valence electrons. The van der Waals surface area contributed by atoms with Crippen LogP contribution in [0, 0.1) is 5.82 Å². The monoisotopic (exact) mass is 376 g/mol.